The Morgan fingerprint density at radius 2 is 1.47 bits per heavy atom. The van der Waals surface area contributed by atoms with Gasteiger partial charge in [0.1, 0.15) is 0 Å². The molecule has 3 aromatic carbocycles. The molecule has 0 bridgehead atoms. The van der Waals surface area contributed by atoms with Gasteiger partial charge in [0, 0.05) is 18.7 Å². The van der Waals surface area contributed by atoms with E-state index in [1.165, 1.54) is 0 Å². The Balaban J connectivity index is 1.41. The maximum Gasteiger partial charge on any atom is 0.255 e. The largest absolute Gasteiger partial charge is 0.345 e. The molecule has 0 unspecified atom stereocenters. The molecule has 1 heterocycles. The average Bonchev–Trinajstić information content (AvgIpc) is 2.90. The summed E-state index contributed by atoms with van der Waals surface area (Å²) in [7, 11) is -3.38. The first-order valence-electron chi connectivity index (χ1n) is 12.2. The highest BCUT2D eigenvalue weighted by Gasteiger charge is 2.24. The molecule has 2 N–H and O–H groups in total. The third-order valence-electron chi connectivity index (χ3n) is 6.34. The second-order valence-electron chi connectivity index (χ2n) is 9.02. The van der Waals surface area contributed by atoms with Crippen LogP contribution in [0.1, 0.15) is 64.1 Å². The van der Waals surface area contributed by atoms with Gasteiger partial charge in [-0.15, -0.1) is 0 Å². The summed E-state index contributed by atoms with van der Waals surface area (Å²) in [6, 6.07) is 22.8. The highest BCUT2D eigenvalue weighted by Crippen LogP contribution is 2.20. The van der Waals surface area contributed by atoms with Gasteiger partial charge in [-0.25, -0.2) is 12.7 Å². The molecule has 4 rings (SSSR count). The van der Waals surface area contributed by atoms with Crippen LogP contribution in [0.15, 0.2) is 78.9 Å². The number of piperidine rings is 1. The Morgan fingerprint density at radius 3 is 2.17 bits per heavy atom. The molecule has 1 aliphatic rings. The zero-order valence-corrected chi connectivity index (χ0v) is 21.1. The Morgan fingerprint density at radius 1 is 0.833 bits per heavy atom. The number of carbonyl (C=O) groups excluding carboxylic acids is 2. The van der Waals surface area contributed by atoms with Crippen molar-refractivity contribution in [3.63, 3.8) is 0 Å². The molecule has 1 saturated heterocycles. The lowest BCUT2D eigenvalue weighted by Crippen LogP contribution is -2.36. The molecular weight excluding hydrogens is 474 g/mol. The van der Waals surface area contributed by atoms with Gasteiger partial charge in [-0.2, -0.15) is 0 Å². The fourth-order valence-electron chi connectivity index (χ4n) is 4.28. The maximum atomic E-state index is 13.0. The summed E-state index contributed by atoms with van der Waals surface area (Å²) < 4.78 is 26.9. The van der Waals surface area contributed by atoms with E-state index in [9.17, 15) is 18.0 Å². The molecule has 3 aromatic rings. The van der Waals surface area contributed by atoms with Gasteiger partial charge in [-0.3, -0.25) is 9.59 Å². The number of nitrogens with zero attached hydrogens (tertiary/aromatic N) is 1. The fourth-order valence-corrected chi connectivity index (χ4v) is 5.89. The van der Waals surface area contributed by atoms with Crippen LogP contribution in [-0.4, -0.2) is 37.6 Å². The predicted octanol–water partition coefficient (Wildman–Crippen LogP) is 4.75. The van der Waals surface area contributed by atoms with Gasteiger partial charge in [-0.1, -0.05) is 61.0 Å². The van der Waals surface area contributed by atoms with Crippen LogP contribution in [0.3, 0.4) is 0 Å². The molecule has 0 aromatic heterocycles. The van der Waals surface area contributed by atoms with Gasteiger partial charge < -0.3 is 10.6 Å². The van der Waals surface area contributed by atoms with E-state index in [1.54, 1.807) is 52.8 Å². The van der Waals surface area contributed by atoms with Gasteiger partial charge >= 0.3 is 0 Å². The number of sulfonamides is 1. The van der Waals surface area contributed by atoms with Crippen molar-refractivity contribution in [2.75, 3.05) is 18.4 Å². The Labute approximate surface area is 212 Å². The van der Waals surface area contributed by atoms with Gasteiger partial charge in [0.15, 0.2) is 0 Å². The van der Waals surface area contributed by atoms with Crippen LogP contribution in [0, 0.1) is 0 Å². The molecule has 36 heavy (non-hydrogen) atoms. The highest BCUT2D eigenvalue weighted by molar-refractivity contribution is 7.88. The van der Waals surface area contributed by atoms with E-state index in [0.29, 0.717) is 35.5 Å². The van der Waals surface area contributed by atoms with Crippen LogP contribution in [0.25, 0.3) is 0 Å². The number of nitrogens with one attached hydrogen (secondary N) is 2. The van der Waals surface area contributed by atoms with E-state index in [0.717, 1.165) is 24.8 Å². The molecule has 2 amide bonds. The summed E-state index contributed by atoms with van der Waals surface area (Å²) in [6.45, 7) is 3.04. The molecule has 1 atom stereocenters. The molecule has 1 fully saturated rings. The lowest BCUT2D eigenvalue weighted by molar-refractivity contribution is 0.0940. The van der Waals surface area contributed by atoms with Crippen LogP contribution >= 0.6 is 0 Å². The number of anilines is 1. The minimum Gasteiger partial charge on any atom is -0.345 e. The van der Waals surface area contributed by atoms with E-state index in [4.69, 9.17) is 0 Å². The molecule has 0 aliphatic carbocycles. The first-order chi connectivity index (χ1) is 17.3. The van der Waals surface area contributed by atoms with Crippen LogP contribution in [0.5, 0.6) is 0 Å². The average molecular weight is 506 g/mol. The quantitative estimate of drug-likeness (QED) is 0.462. The SMILES string of the molecule is C[C@H](NC(=O)c1ccccc1NC(=O)c1ccc(CS(=O)(=O)N2CCCCC2)cc1)c1ccccc1. The van der Waals surface area contributed by atoms with E-state index in [-0.39, 0.29) is 23.6 Å². The Hall–Kier alpha value is -3.49. The normalized spacial score (nSPS) is 15.1. The standard InChI is InChI=1S/C28H31N3O4S/c1-21(23-10-4-2-5-11-23)29-28(33)25-12-6-7-13-26(25)30-27(32)24-16-14-22(15-17-24)20-36(34,35)31-18-8-3-9-19-31/h2,4-7,10-17,21H,3,8-9,18-20H2,1H3,(H,29,33)(H,30,32)/t21-/m0/s1. The zero-order chi connectivity index (χ0) is 25.5. The van der Waals surface area contributed by atoms with Crippen LogP contribution < -0.4 is 10.6 Å². The van der Waals surface area contributed by atoms with Crippen molar-refractivity contribution < 1.29 is 18.0 Å². The molecule has 0 spiro atoms. The highest BCUT2D eigenvalue weighted by atomic mass is 32.2. The number of benzene rings is 3. The fraction of sp³-hybridized carbons (Fsp3) is 0.286. The van der Waals surface area contributed by atoms with Crippen LogP contribution in [0.2, 0.25) is 0 Å². The molecule has 8 heteroatoms. The van der Waals surface area contributed by atoms with Crippen molar-refractivity contribution in [3.05, 3.63) is 101 Å². The second-order valence-corrected chi connectivity index (χ2v) is 11.0. The van der Waals surface area contributed by atoms with Crippen molar-refractivity contribution in [1.82, 2.24) is 9.62 Å². The van der Waals surface area contributed by atoms with Crippen LogP contribution in [-0.2, 0) is 15.8 Å². The number of carbonyl (C=O) groups is 2. The van der Waals surface area contributed by atoms with Gasteiger partial charge in [0.2, 0.25) is 10.0 Å². The molecule has 0 radical (unpaired) electrons. The minimum atomic E-state index is -3.38. The lowest BCUT2D eigenvalue weighted by atomic mass is 10.1. The number of rotatable bonds is 8. The van der Waals surface area contributed by atoms with Crippen LogP contribution in [0.4, 0.5) is 5.69 Å². The van der Waals surface area contributed by atoms with Crippen molar-refractivity contribution in [1.29, 1.82) is 0 Å². The summed E-state index contributed by atoms with van der Waals surface area (Å²) in [6.07, 6.45) is 2.85. The van der Waals surface area contributed by atoms with Gasteiger partial charge in [0.25, 0.3) is 11.8 Å². The smallest absolute Gasteiger partial charge is 0.255 e. The molecule has 188 valence electrons. The Bertz CT molecular complexity index is 1300. The summed E-state index contributed by atoms with van der Waals surface area (Å²) in [4.78, 5) is 25.9. The molecule has 7 nitrogen and oxygen atoms in total. The minimum absolute atomic E-state index is 0.0858. The maximum absolute atomic E-state index is 13.0. The zero-order valence-electron chi connectivity index (χ0n) is 20.3. The van der Waals surface area contributed by atoms with Crippen molar-refractivity contribution in [2.45, 2.75) is 38.0 Å². The summed E-state index contributed by atoms with van der Waals surface area (Å²) in [5, 5.41) is 5.78. The molecular formula is C28H31N3O4S. The monoisotopic (exact) mass is 505 g/mol. The number of hydrogen-bond donors (Lipinski definition) is 2. The van der Waals surface area contributed by atoms with Gasteiger partial charge in [-0.05, 0) is 55.2 Å². The number of para-hydroxylation sites is 1. The first-order valence-corrected chi connectivity index (χ1v) is 13.8. The van der Waals surface area contributed by atoms with E-state index < -0.39 is 10.0 Å². The third-order valence-corrected chi connectivity index (χ3v) is 8.19. The van der Waals surface area contributed by atoms with E-state index >= 15 is 0 Å². The number of hydrogen-bond acceptors (Lipinski definition) is 4. The number of amides is 2. The van der Waals surface area contributed by atoms with Crippen molar-refractivity contribution in [3.8, 4) is 0 Å². The van der Waals surface area contributed by atoms with Crippen molar-refractivity contribution >= 4 is 27.5 Å². The van der Waals surface area contributed by atoms with E-state index in [2.05, 4.69) is 10.6 Å². The molecule has 1 aliphatic heterocycles. The first kappa shape index (κ1) is 25.6. The van der Waals surface area contributed by atoms with E-state index in [1.807, 2.05) is 37.3 Å². The van der Waals surface area contributed by atoms with Gasteiger partial charge in [0.05, 0.1) is 23.0 Å². The topological polar surface area (TPSA) is 95.6 Å². The van der Waals surface area contributed by atoms with Crippen molar-refractivity contribution in [2.24, 2.45) is 0 Å². The molecule has 0 saturated carbocycles. The third kappa shape index (κ3) is 6.38. The predicted molar refractivity (Wildman–Crippen MR) is 141 cm³/mol. The second kappa shape index (κ2) is 11.5. The summed E-state index contributed by atoms with van der Waals surface area (Å²) >= 11 is 0. The summed E-state index contributed by atoms with van der Waals surface area (Å²) in [5.74, 6) is -0.755. The summed E-state index contributed by atoms with van der Waals surface area (Å²) in [5.41, 5.74) is 2.75. The lowest BCUT2D eigenvalue weighted by Gasteiger charge is -2.25. The Kier molecular flexibility index (Phi) is 8.18.